The van der Waals surface area contributed by atoms with Gasteiger partial charge in [-0.1, -0.05) is 11.6 Å². The highest BCUT2D eigenvalue weighted by Crippen LogP contribution is 2.32. The summed E-state index contributed by atoms with van der Waals surface area (Å²) >= 11 is 7.66. The van der Waals surface area contributed by atoms with Crippen LogP contribution in [-0.4, -0.2) is 9.91 Å². The monoisotopic (exact) mass is 309 g/mol. The van der Waals surface area contributed by atoms with Gasteiger partial charge in [-0.15, -0.1) is 11.3 Å². The Morgan fingerprint density at radius 3 is 3.00 bits per heavy atom. The molecule has 0 aliphatic heterocycles. The third-order valence-electron chi connectivity index (χ3n) is 2.72. The smallest absolute Gasteiger partial charge is 0.404 e. The fourth-order valence-electron chi connectivity index (χ4n) is 1.81. The van der Waals surface area contributed by atoms with Gasteiger partial charge in [-0.05, 0) is 18.2 Å². The van der Waals surface area contributed by atoms with Crippen molar-refractivity contribution in [2.24, 2.45) is 0 Å². The van der Waals surface area contributed by atoms with Crippen molar-refractivity contribution in [3.05, 3.63) is 50.7 Å². The van der Waals surface area contributed by atoms with E-state index in [0.717, 1.165) is 10.2 Å². The van der Waals surface area contributed by atoms with Crippen molar-refractivity contribution in [2.45, 2.75) is 6.54 Å². The van der Waals surface area contributed by atoms with Crippen molar-refractivity contribution in [3.63, 3.8) is 0 Å². The van der Waals surface area contributed by atoms with Crippen LogP contribution in [0.5, 0.6) is 0 Å². The number of hydrogen-bond donors (Lipinski definition) is 1. The zero-order valence-electron chi connectivity index (χ0n) is 10.00. The van der Waals surface area contributed by atoms with Crippen LogP contribution in [0.3, 0.4) is 0 Å². The molecule has 6 nitrogen and oxygen atoms in total. The predicted molar refractivity (Wildman–Crippen MR) is 77.3 cm³/mol. The number of benzene rings is 1. The van der Waals surface area contributed by atoms with Gasteiger partial charge >= 0.3 is 5.88 Å². The van der Waals surface area contributed by atoms with Crippen LogP contribution in [0.4, 0.5) is 11.6 Å². The Balaban J connectivity index is 1.84. The second kappa shape index (κ2) is 5.10. The molecule has 0 saturated heterocycles. The van der Waals surface area contributed by atoms with Gasteiger partial charge in [0.1, 0.15) is 16.2 Å². The third kappa shape index (κ3) is 2.33. The van der Waals surface area contributed by atoms with Gasteiger partial charge in [-0.2, -0.15) is 0 Å². The number of halogens is 1. The Hall–Kier alpha value is -2.12. The molecule has 102 valence electrons. The number of furan rings is 1. The Morgan fingerprint density at radius 1 is 1.40 bits per heavy atom. The van der Waals surface area contributed by atoms with Gasteiger partial charge in [0.15, 0.2) is 0 Å². The summed E-state index contributed by atoms with van der Waals surface area (Å²) in [5, 5.41) is 14.2. The lowest BCUT2D eigenvalue weighted by atomic mass is 10.3. The molecule has 1 N–H and O–H groups in total. The molecule has 1 aromatic carbocycles. The summed E-state index contributed by atoms with van der Waals surface area (Å²) in [6, 6.07) is 6.56. The lowest BCUT2D eigenvalue weighted by Crippen LogP contribution is -1.99. The lowest BCUT2D eigenvalue weighted by molar-refractivity contribution is -0.402. The van der Waals surface area contributed by atoms with E-state index in [-0.39, 0.29) is 5.88 Å². The first kappa shape index (κ1) is 12.9. The van der Waals surface area contributed by atoms with Crippen LogP contribution in [-0.2, 0) is 6.54 Å². The highest BCUT2D eigenvalue weighted by atomic mass is 35.5. The largest absolute Gasteiger partial charge is 0.433 e. The molecule has 8 heteroatoms. The van der Waals surface area contributed by atoms with Crippen LogP contribution >= 0.6 is 22.9 Å². The first-order chi connectivity index (χ1) is 9.65. The van der Waals surface area contributed by atoms with E-state index in [9.17, 15) is 10.1 Å². The van der Waals surface area contributed by atoms with Gasteiger partial charge in [-0.3, -0.25) is 10.1 Å². The molecule has 0 amide bonds. The lowest BCUT2D eigenvalue weighted by Gasteiger charge is -2.07. The van der Waals surface area contributed by atoms with Crippen molar-refractivity contribution >= 4 is 44.7 Å². The molecule has 2 heterocycles. The zero-order valence-corrected chi connectivity index (χ0v) is 11.6. The Kier molecular flexibility index (Phi) is 3.29. The van der Waals surface area contributed by atoms with E-state index in [0.29, 0.717) is 23.0 Å². The van der Waals surface area contributed by atoms with Gasteiger partial charge in [0.05, 0.1) is 33.5 Å². The molecule has 0 atom stereocenters. The number of fused-ring (bicyclic) bond motifs is 1. The number of thiazole rings is 1. The van der Waals surface area contributed by atoms with Crippen LogP contribution in [0.15, 0.2) is 34.2 Å². The average Bonchev–Trinajstić information content (AvgIpc) is 3.05. The summed E-state index contributed by atoms with van der Waals surface area (Å²) < 4.78 is 6.09. The maximum atomic E-state index is 10.5. The standard InChI is InChI=1S/C12H8ClN3O3S/c13-8-2-3-9-12(15-6-20-9)11(8)14-5-7-1-4-10(19-7)16(17)18/h1-4,6,14H,5H2. The zero-order chi connectivity index (χ0) is 14.1. The van der Waals surface area contributed by atoms with Gasteiger partial charge in [0, 0.05) is 0 Å². The molecule has 0 aliphatic rings. The van der Waals surface area contributed by atoms with Gasteiger partial charge in [0.25, 0.3) is 0 Å². The van der Waals surface area contributed by atoms with E-state index in [2.05, 4.69) is 10.3 Å². The molecule has 0 aliphatic carbocycles. The molecule has 0 saturated carbocycles. The van der Waals surface area contributed by atoms with E-state index in [1.165, 1.54) is 17.4 Å². The maximum Gasteiger partial charge on any atom is 0.433 e. The van der Waals surface area contributed by atoms with Gasteiger partial charge < -0.3 is 9.73 Å². The second-order valence-corrected chi connectivity index (χ2v) is 5.27. The highest BCUT2D eigenvalue weighted by Gasteiger charge is 2.13. The summed E-state index contributed by atoms with van der Waals surface area (Å²) in [5.41, 5.74) is 3.22. The third-order valence-corrected chi connectivity index (χ3v) is 3.83. The van der Waals surface area contributed by atoms with Crippen molar-refractivity contribution in [3.8, 4) is 0 Å². The van der Waals surface area contributed by atoms with E-state index in [1.807, 2.05) is 6.07 Å². The molecule has 0 unspecified atom stereocenters. The summed E-state index contributed by atoms with van der Waals surface area (Å²) in [7, 11) is 0. The number of nitrogens with zero attached hydrogens (tertiary/aromatic N) is 2. The number of nitrogens with one attached hydrogen (secondary N) is 1. The van der Waals surface area contributed by atoms with E-state index < -0.39 is 4.92 Å². The average molecular weight is 310 g/mol. The Morgan fingerprint density at radius 2 is 2.25 bits per heavy atom. The molecule has 3 aromatic rings. The summed E-state index contributed by atoms with van der Waals surface area (Å²) in [4.78, 5) is 14.2. The van der Waals surface area contributed by atoms with E-state index in [4.69, 9.17) is 16.0 Å². The Labute approximate surface area is 122 Å². The number of nitro groups is 1. The topological polar surface area (TPSA) is 81.2 Å². The first-order valence-corrected chi connectivity index (χ1v) is 6.89. The molecular weight excluding hydrogens is 302 g/mol. The first-order valence-electron chi connectivity index (χ1n) is 5.64. The van der Waals surface area contributed by atoms with E-state index in [1.54, 1.807) is 17.6 Å². The minimum atomic E-state index is -0.572. The van der Waals surface area contributed by atoms with Crippen molar-refractivity contribution in [2.75, 3.05) is 5.32 Å². The highest BCUT2D eigenvalue weighted by molar-refractivity contribution is 7.16. The molecule has 3 rings (SSSR count). The summed E-state index contributed by atoms with van der Waals surface area (Å²) in [6.07, 6.45) is 0. The number of anilines is 1. The predicted octanol–water partition coefficient (Wildman–Crippen LogP) is 4.06. The summed E-state index contributed by atoms with van der Waals surface area (Å²) in [6.45, 7) is 0.296. The van der Waals surface area contributed by atoms with Crippen LogP contribution < -0.4 is 5.32 Å². The van der Waals surface area contributed by atoms with Crippen LogP contribution in [0, 0.1) is 10.1 Å². The molecule has 0 bridgehead atoms. The molecule has 20 heavy (non-hydrogen) atoms. The molecule has 2 aromatic heterocycles. The normalized spacial score (nSPS) is 10.8. The molecule has 0 radical (unpaired) electrons. The number of aromatic nitrogens is 1. The molecular formula is C12H8ClN3O3S. The SMILES string of the molecule is O=[N+]([O-])c1ccc(CNc2c(Cl)ccc3scnc23)o1. The van der Waals surface area contributed by atoms with Crippen molar-refractivity contribution < 1.29 is 9.34 Å². The molecule has 0 fully saturated rings. The number of rotatable bonds is 4. The van der Waals surface area contributed by atoms with Gasteiger partial charge in [0.2, 0.25) is 0 Å². The fraction of sp³-hybridized carbons (Fsp3) is 0.0833. The minimum Gasteiger partial charge on any atom is -0.404 e. The number of hydrogen-bond acceptors (Lipinski definition) is 6. The second-order valence-electron chi connectivity index (χ2n) is 3.97. The van der Waals surface area contributed by atoms with Crippen LogP contribution in [0.2, 0.25) is 5.02 Å². The molecule has 0 spiro atoms. The van der Waals surface area contributed by atoms with Crippen LogP contribution in [0.25, 0.3) is 10.2 Å². The van der Waals surface area contributed by atoms with Crippen molar-refractivity contribution in [1.29, 1.82) is 0 Å². The quantitative estimate of drug-likeness (QED) is 0.580. The fourth-order valence-corrected chi connectivity index (χ4v) is 2.71. The summed E-state index contributed by atoms with van der Waals surface area (Å²) in [5.74, 6) is 0.180. The minimum absolute atomic E-state index is 0.278. The van der Waals surface area contributed by atoms with Gasteiger partial charge in [-0.25, -0.2) is 4.98 Å². The maximum absolute atomic E-state index is 10.5. The Bertz CT molecular complexity index is 783. The van der Waals surface area contributed by atoms with Crippen molar-refractivity contribution in [1.82, 2.24) is 4.98 Å². The van der Waals surface area contributed by atoms with Crippen LogP contribution in [0.1, 0.15) is 5.76 Å². The van der Waals surface area contributed by atoms with E-state index >= 15 is 0 Å².